The zero-order valence-electron chi connectivity index (χ0n) is 17.3. The van der Waals surface area contributed by atoms with Crippen LogP contribution in [0.1, 0.15) is 48.4 Å². The molecule has 6 nitrogen and oxygen atoms in total. The summed E-state index contributed by atoms with van der Waals surface area (Å²) in [6, 6.07) is 15.7. The first-order valence-corrected chi connectivity index (χ1v) is 11.0. The molecule has 0 saturated heterocycles. The van der Waals surface area contributed by atoms with Crippen molar-refractivity contribution in [1.29, 1.82) is 0 Å². The van der Waals surface area contributed by atoms with Crippen molar-refractivity contribution in [2.24, 2.45) is 0 Å². The molecule has 7 heteroatoms. The minimum absolute atomic E-state index is 0.0481. The van der Waals surface area contributed by atoms with Crippen molar-refractivity contribution in [2.75, 3.05) is 0 Å². The standard InChI is InChI=1S/C23H24N4O2S/c1-4-7-20-25-21(29-26-20)16(3)30-23-24-19-9-6-5-8-18(19)22(28)27(23)14-17-12-10-15(2)11-13-17/h5-6,8-13,16H,4,7,14H2,1-3H3. The van der Waals surface area contributed by atoms with Crippen molar-refractivity contribution >= 4 is 22.7 Å². The van der Waals surface area contributed by atoms with Gasteiger partial charge in [0.2, 0.25) is 5.89 Å². The minimum atomic E-state index is -0.125. The van der Waals surface area contributed by atoms with E-state index in [4.69, 9.17) is 9.51 Å². The number of fused-ring (bicyclic) bond motifs is 1. The van der Waals surface area contributed by atoms with E-state index in [0.29, 0.717) is 34.3 Å². The van der Waals surface area contributed by atoms with Crippen LogP contribution >= 0.6 is 11.8 Å². The summed E-state index contributed by atoms with van der Waals surface area (Å²) in [7, 11) is 0. The zero-order valence-corrected chi connectivity index (χ0v) is 18.1. The Balaban J connectivity index is 1.72. The number of benzene rings is 2. The molecule has 0 amide bonds. The summed E-state index contributed by atoms with van der Waals surface area (Å²) in [6.45, 7) is 6.58. The molecule has 1 unspecified atom stereocenters. The fraction of sp³-hybridized carbons (Fsp3) is 0.304. The number of hydrogen-bond donors (Lipinski definition) is 0. The molecule has 0 fully saturated rings. The molecule has 30 heavy (non-hydrogen) atoms. The van der Waals surface area contributed by atoms with Crippen molar-refractivity contribution in [3.8, 4) is 0 Å². The Morgan fingerprint density at radius 3 is 2.63 bits per heavy atom. The normalized spacial score (nSPS) is 12.4. The van der Waals surface area contributed by atoms with Crippen LogP contribution in [0.25, 0.3) is 10.9 Å². The third-order valence-electron chi connectivity index (χ3n) is 4.88. The summed E-state index contributed by atoms with van der Waals surface area (Å²) >= 11 is 1.46. The fourth-order valence-electron chi connectivity index (χ4n) is 3.22. The number of thioether (sulfide) groups is 1. The topological polar surface area (TPSA) is 73.8 Å². The predicted molar refractivity (Wildman–Crippen MR) is 119 cm³/mol. The van der Waals surface area contributed by atoms with Crippen molar-refractivity contribution in [1.82, 2.24) is 19.7 Å². The molecule has 0 bridgehead atoms. The second kappa shape index (κ2) is 8.83. The highest BCUT2D eigenvalue weighted by Gasteiger charge is 2.20. The van der Waals surface area contributed by atoms with Crippen molar-refractivity contribution in [3.63, 3.8) is 0 Å². The van der Waals surface area contributed by atoms with Gasteiger partial charge in [-0.05, 0) is 38.0 Å². The van der Waals surface area contributed by atoms with Crippen LogP contribution in [-0.4, -0.2) is 19.7 Å². The number of hydrogen-bond acceptors (Lipinski definition) is 6. The average Bonchev–Trinajstić information content (AvgIpc) is 3.21. The third-order valence-corrected chi connectivity index (χ3v) is 5.95. The summed E-state index contributed by atoms with van der Waals surface area (Å²) in [6.07, 6.45) is 1.75. The van der Waals surface area contributed by atoms with Crippen LogP contribution < -0.4 is 5.56 Å². The van der Waals surface area contributed by atoms with Gasteiger partial charge in [0.05, 0.1) is 22.7 Å². The summed E-state index contributed by atoms with van der Waals surface area (Å²) in [4.78, 5) is 22.6. The van der Waals surface area contributed by atoms with Crippen LogP contribution in [0.3, 0.4) is 0 Å². The molecule has 1 atom stereocenters. The van der Waals surface area contributed by atoms with Gasteiger partial charge in [0.15, 0.2) is 11.0 Å². The molecule has 0 radical (unpaired) electrons. The van der Waals surface area contributed by atoms with E-state index in [0.717, 1.165) is 18.4 Å². The van der Waals surface area contributed by atoms with E-state index in [1.54, 1.807) is 4.57 Å². The van der Waals surface area contributed by atoms with Gasteiger partial charge in [-0.25, -0.2) is 4.98 Å². The molecule has 4 rings (SSSR count). The first-order valence-electron chi connectivity index (χ1n) is 10.1. The SMILES string of the molecule is CCCc1noc(C(C)Sc2nc3ccccc3c(=O)n2Cc2ccc(C)cc2)n1. The Labute approximate surface area is 179 Å². The Hall–Kier alpha value is -2.93. The molecule has 2 aromatic carbocycles. The lowest BCUT2D eigenvalue weighted by atomic mass is 10.1. The van der Waals surface area contributed by atoms with Crippen LogP contribution in [0, 0.1) is 6.92 Å². The monoisotopic (exact) mass is 420 g/mol. The van der Waals surface area contributed by atoms with Gasteiger partial charge in [-0.15, -0.1) is 0 Å². The number of rotatable bonds is 7. The quantitative estimate of drug-likeness (QED) is 0.311. The van der Waals surface area contributed by atoms with Crippen LogP contribution in [0.4, 0.5) is 0 Å². The Kier molecular flexibility index (Phi) is 5.99. The molecular weight excluding hydrogens is 396 g/mol. The first kappa shape index (κ1) is 20.3. The van der Waals surface area contributed by atoms with Gasteiger partial charge in [0.25, 0.3) is 5.56 Å². The molecule has 0 aliphatic heterocycles. The summed E-state index contributed by atoms with van der Waals surface area (Å²) in [5, 5.41) is 5.18. The average molecular weight is 421 g/mol. The van der Waals surface area contributed by atoms with E-state index in [2.05, 4.69) is 29.2 Å². The van der Waals surface area contributed by atoms with Crippen LogP contribution in [0.2, 0.25) is 0 Å². The first-order chi connectivity index (χ1) is 14.5. The second-order valence-electron chi connectivity index (χ2n) is 7.35. The number of nitrogens with zero attached hydrogens (tertiary/aromatic N) is 4. The largest absolute Gasteiger partial charge is 0.338 e. The summed E-state index contributed by atoms with van der Waals surface area (Å²) in [5.74, 6) is 1.26. The molecule has 0 aliphatic rings. The van der Waals surface area contributed by atoms with Gasteiger partial charge >= 0.3 is 0 Å². The Bertz CT molecular complexity index is 1210. The highest BCUT2D eigenvalue weighted by molar-refractivity contribution is 7.99. The van der Waals surface area contributed by atoms with E-state index in [-0.39, 0.29) is 10.8 Å². The summed E-state index contributed by atoms with van der Waals surface area (Å²) in [5.41, 5.74) is 2.88. The maximum absolute atomic E-state index is 13.3. The predicted octanol–water partition coefficient (Wildman–Crippen LogP) is 4.94. The van der Waals surface area contributed by atoms with E-state index >= 15 is 0 Å². The number of aryl methyl sites for hydroxylation is 2. The Morgan fingerprint density at radius 1 is 1.10 bits per heavy atom. The third kappa shape index (κ3) is 4.31. The zero-order chi connectivity index (χ0) is 21.1. The molecule has 0 aliphatic carbocycles. The van der Waals surface area contributed by atoms with E-state index < -0.39 is 0 Å². The molecular formula is C23H24N4O2S. The van der Waals surface area contributed by atoms with Crippen LogP contribution in [0.5, 0.6) is 0 Å². The maximum Gasteiger partial charge on any atom is 0.262 e. The van der Waals surface area contributed by atoms with E-state index in [1.165, 1.54) is 17.3 Å². The van der Waals surface area contributed by atoms with E-state index in [1.807, 2.05) is 50.2 Å². The van der Waals surface area contributed by atoms with Crippen molar-refractivity contribution < 1.29 is 4.52 Å². The maximum atomic E-state index is 13.3. The molecule has 2 aromatic heterocycles. The second-order valence-corrected chi connectivity index (χ2v) is 8.66. The Morgan fingerprint density at radius 2 is 1.87 bits per heavy atom. The van der Waals surface area contributed by atoms with Gasteiger partial charge in [0.1, 0.15) is 0 Å². The number of para-hydroxylation sites is 1. The smallest absolute Gasteiger partial charge is 0.262 e. The van der Waals surface area contributed by atoms with Gasteiger partial charge in [-0.2, -0.15) is 4.98 Å². The van der Waals surface area contributed by atoms with Gasteiger partial charge in [0, 0.05) is 6.42 Å². The lowest BCUT2D eigenvalue weighted by molar-refractivity contribution is 0.374. The molecule has 0 saturated carbocycles. The highest BCUT2D eigenvalue weighted by atomic mass is 32.2. The van der Waals surface area contributed by atoms with Gasteiger partial charge in [-0.1, -0.05) is 65.8 Å². The number of aromatic nitrogens is 4. The van der Waals surface area contributed by atoms with Crippen molar-refractivity contribution in [2.45, 2.75) is 50.6 Å². The van der Waals surface area contributed by atoms with Crippen LogP contribution in [-0.2, 0) is 13.0 Å². The van der Waals surface area contributed by atoms with E-state index in [9.17, 15) is 4.79 Å². The summed E-state index contributed by atoms with van der Waals surface area (Å²) < 4.78 is 7.18. The molecule has 0 spiro atoms. The molecule has 0 N–H and O–H groups in total. The fourth-order valence-corrected chi connectivity index (χ4v) is 4.16. The van der Waals surface area contributed by atoms with Gasteiger partial charge in [-0.3, -0.25) is 9.36 Å². The highest BCUT2D eigenvalue weighted by Crippen LogP contribution is 2.33. The molecule has 2 heterocycles. The van der Waals surface area contributed by atoms with Crippen LogP contribution in [0.15, 0.2) is 63.0 Å². The molecule has 4 aromatic rings. The minimum Gasteiger partial charge on any atom is -0.338 e. The molecule has 154 valence electrons. The van der Waals surface area contributed by atoms with Crippen molar-refractivity contribution in [3.05, 3.63) is 81.7 Å². The lowest BCUT2D eigenvalue weighted by Crippen LogP contribution is -2.24. The van der Waals surface area contributed by atoms with Gasteiger partial charge < -0.3 is 4.52 Å². The lowest BCUT2D eigenvalue weighted by Gasteiger charge is -2.15.